The smallest absolute Gasteiger partial charge is 0.0474 e. The van der Waals surface area contributed by atoms with Crippen molar-refractivity contribution in [2.24, 2.45) is 11.7 Å². The highest BCUT2D eigenvalue weighted by molar-refractivity contribution is 5.28. The predicted octanol–water partition coefficient (Wildman–Crippen LogP) is 1.67. The second-order valence-corrected chi connectivity index (χ2v) is 4.50. The van der Waals surface area contributed by atoms with E-state index >= 15 is 0 Å². The molecule has 1 fully saturated rings. The van der Waals surface area contributed by atoms with Crippen LogP contribution in [-0.4, -0.2) is 18.3 Å². The largest absolute Gasteiger partial charge is 0.396 e. The molecular weight excluding hydrogens is 186 g/mol. The van der Waals surface area contributed by atoms with E-state index in [1.165, 1.54) is 24.0 Å². The Bertz CT molecular complexity index is 299. The van der Waals surface area contributed by atoms with E-state index in [9.17, 15) is 0 Å². The maximum Gasteiger partial charge on any atom is 0.0474 e. The third kappa shape index (κ3) is 2.80. The van der Waals surface area contributed by atoms with Gasteiger partial charge < -0.3 is 10.8 Å². The number of aliphatic hydroxyl groups is 1. The van der Waals surface area contributed by atoms with Crippen LogP contribution in [0.4, 0.5) is 0 Å². The van der Waals surface area contributed by atoms with E-state index in [4.69, 9.17) is 10.8 Å². The van der Waals surface area contributed by atoms with Crippen molar-refractivity contribution < 1.29 is 5.11 Å². The number of rotatable bonds is 5. The lowest BCUT2D eigenvalue weighted by atomic mass is 9.98. The van der Waals surface area contributed by atoms with E-state index < -0.39 is 0 Å². The molecule has 2 rings (SSSR count). The summed E-state index contributed by atoms with van der Waals surface area (Å²) < 4.78 is 0. The topological polar surface area (TPSA) is 46.2 Å². The number of nitrogens with two attached hydrogens (primary N) is 1. The van der Waals surface area contributed by atoms with Gasteiger partial charge in [0.15, 0.2) is 0 Å². The van der Waals surface area contributed by atoms with Gasteiger partial charge in [0.2, 0.25) is 0 Å². The van der Waals surface area contributed by atoms with Crippen LogP contribution in [0.15, 0.2) is 24.3 Å². The first kappa shape index (κ1) is 10.7. The molecule has 0 aliphatic heterocycles. The van der Waals surface area contributed by atoms with Crippen LogP contribution in [-0.2, 0) is 6.42 Å². The van der Waals surface area contributed by atoms with E-state index in [-0.39, 0.29) is 12.5 Å². The van der Waals surface area contributed by atoms with Gasteiger partial charge in [-0.25, -0.2) is 0 Å². The van der Waals surface area contributed by atoms with Crippen molar-refractivity contribution in [3.05, 3.63) is 35.4 Å². The molecule has 0 aromatic heterocycles. The molecule has 2 nitrogen and oxygen atoms in total. The van der Waals surface area contributed by atoms with Crippen molar-refractivity contribution in [2.45, 2.75) is 25.2 Å². The lowest BCUT2D eigenvalue weighted by molar-refractivity contribution is 0.230. The maximum absolute atomic E-state index is 9.06. The SMILES string of the molecule is NCC(CO)Cc1ccc(C2CC2)cc1. The lowest BCUT2D eigenvalue weighted by Gasteiger charge is -2.11. The third-order valence-corrected chi connectivity index (χ3v) is 3.14. The summed E-state index contributed by atoms with van der Waals surface area (Å²) >= 11 is 0. The van der Waals surface area contributed by atoms with Crippen LogP contribution in [0.2, 0.25) is 0 Å². The zero-order valence-corrected chi connectivity index (χ0v) is 9.02. The van der Waals surface area contributed by atoms with Crippen LogP contribution < -0.4 is 5.73 Å². The van der Waals surface area contributed by atoms with Gasteiger partial charge in [0.25, 0.3) is 0 Å². The van der Waals surface area contributed by atoms with E-state index in [1.807, 2.05) is 0 Å². The predicted molar refractivity (Wildman–Crippen MR) is 61.8 cm³/mol. The van der Waals surface area contributed by atoms with Crippen molar-refractivity contribution in [1.29, 1.82) is 0 Å². The Morgan fingerprint density at radius 2 is 1.93 bits per heavy atom. The third-order valence-electron chi connectivity index (χ3n) is 3.14. The minimum atomic E-state index is 0.181. The Hall–Kier alpha value is -0.860. The van der Waals surface area contributed by atoms with Crippen molar-refractivity contribution in [2.75, 3.05) is 13.2 Å². The van der Waals surface area contributed by atoms with E-state index in [0.717, 1.165) is 12.3 Å². The van der Waals surface area contributed by atoms with Gasteiger partial charge in [-0.05, 0) is 48.8 Å². The zero-order chi connectivity index (χ0) is 10.7. The molecule has 0 spiro atoms. The monoisotopic (exact) mass is 205 g/mol. The highest BCUT2D eigenvalue weighted by Crippen LogP contribution is 2.39. The molecule has 0 radical (unpaired) electrons. The molecule has 0 saturated heterocycles. The number of aliphatic hydroxyl groups excluding tert-OH is 1. The van der Waals surface area contributed by atoms with Crippen LogP contribution in [0.1, 0.15) is 29.9 Å². The van der Waals surface area contributed by atoms with Gasteiger partial charge in [0.1, 0.15) is 0 Å². The Balaban J connectivity index is 1.96. The molecule has 1 atom stereocenters. The summed E-state index contributed by atoms with van der Waals surface area (Å²) in [5.74, 6) is 1.03. The average Bonchev–Trinajstić information content (AvgIpc) is 3.10. The fraction of sp³-hybridized carbons (Fsp3) is 0.538. The van der Waals surface area contributed by atoms with Gasteiger partial charge in [-0.3, -0.25) is 0 Å². The van der Waals surface area contributed by atoms with Crippen LogP contribution in [0, 0.1) is 5.92 Å². The Morgan fingerprint density at radius 3 is 2.40 bits per heavy atom. The lowest BCUT2D eigenvalue weighted by Crippen LogP contribution is -2.20. The normalized spacial score (nSPS) is 17.7. The molecule has 0 amide bonds. The summed E-state index contributed by atoms with van der Waals surface area (Å²) in [5.41, 5.74) is 8.31. The number of hydrogen-bond acceptors (Lipinski definition) is 2. The first-order valence-corrected chi connectivity index (χ1v) is 5.73. The molecule has 1 saturated carbocycles. The molecule has 0 heterocycles. The minimum absolute atomic E-state index is 0.181. The summed E-state index contributed by atoms with van der Waals surface area (Å²) in [5, 5.41) is 9.06. The molecule has 1 aliphatic carbocycles. The van der Waals surface area contributed by atoms with Gasteiger partial charge in [0.05, 0.1) is 0 Å². The molecule has 0 bridgehead atoms. The molecule has 15 heavy (non-hydrogen) atoms. The first-order valence-electron chi connectivity index (χ1n) is 5.73. The van der Waals surface area contributed by atoms with Crippen molar-refractivity contribution in [1.82, 2.24) is 0 Å². The minimum Gasteiger partial charge on any atom is -0.396 e. The molecule has 1 aliphatic rings. The zero-order valence-electron chi connectivity index (χ0n) is 9.02. The molecule has 1 unspecified atom stereocenters. The van der Waals surface area contributed by atoms with Crippen LogP contribution in [0.25, 0.3) is 0 Å². The maximum atomic E-state index is 9.06. The van der Waals surface area contributed by atoms with Crippen molar-refractivity contribution >= 4 is 0 Å². The van der Waals surface area contributed by atoms with E-state index in [1.54, 1.807) is 0 Å². The fourth-order valence-electron chi connectivity index (χ4n) is 1.90. The number of hydrogen-bond donors (Lipinski definition) is 2. The molecular formula is C13H19NO. The molecule has 3 N–H and O–H groups in total. The van der Waals surface area contributed by atoms with Gasteiger partial charge in [-0.1, -0.05) is 24.3 Å². The highest BCUT2D eigenvalue weighted by atomic mass is 16.3. The summed E-state index contributed by atoms with van der Waals surface area (Å²) in [4.78, 5) is 0. The highest BCUT2D eigenvalue weighted by Gasteiger charge is 2.22. The second-order valence-electron chi connectivity index (χ2n) is 4.50. The van der Waals surface area contributed by atoms with Crippen LogP contribution in [0.3, 0.4) is 0 Å². The first-order chi connectivity index (χ1) is 7.33. The quantitative estimate of drug-likeness (QED) is 0.768. The van der Waals surface area contributed by atoms with Crippen LogP contribution >= 0.6 is 0 Å². The van der Waals surface area contributed by atoms with Crippen LogP contribution in [0.5, 0.6) is 0 Å². The van der Waals surface area contributed by atoms with Gasteiger partial charge >= 0.3 is 0 Å². The van der Waals surface area contributed by atoms with Gasteiger partial charge in [-0.15, -0.1) is 0 Å². The summed E-state index contributed by atoms with van der Waals surface area (Å²) in [7, 11) is 0. The average molecular weight is 205 g/mol. The standard InChI is InChI=1S/C13H19NO/c14-8-11(9-15)7-10-1-3-12(4-2-10)13-5-6-13/h1-4,11,13,15H,5-9,14H2. The van der Waals surface area contributed by atoms with Crippen molar-refractivity contribution in [3.63, 3.8) is 0 Å². The Morgan fingerprint density at radius 1 is 1.27 bits per heavy atom. The second kappa shape index (κ2) is 4.77. The summed E-state index contributed by atoms with van der Waals surface area (Å²) in [6, 6.07) is 8.79. The molecule has 1 aromatic rings. The number of benzene rings is 1. The van der Waals surface area contributed by atoms with E-state index in [2.05, 4.69) is 24.3 Å². The fourth-order valence-corrected chi connectivity index (χ4v) is 1.90. The molecule has 1 aromatic carbocycles. The van der Waals surface area contributed by atoms with Gasteiger partial charge in [0, 0.05) is 6.61 Å². The van der Waals surface area contributed by atoms with E-state index in [0.29, 0.717) is 6.54 Å². The van der Waals surface area contributed by atoms with Gasteiger partial charge in [-0.2, -0.15) is 0 Å². The molecule has 2 heteroatoms. The Labute approximate surface area is 91.1 Å². The summed E-state index contributed by atoms with van der Waals surface area (Å²) in [6.45, 7) is 0.738. The molecule has 82 valence electrons. The van der Waals surface area contributed by atoms with Crippen molar-refractivity contribution in [3.8, 4) is 0 Å². The Kier molecular flexibility index (Phi) is 3.39. The summed E-state index contributed by atoms with van der Waals surface area (Å²) in [6.07, 6.45) is 3.58.